The van der Waals surface area contributed by atoms with E-state index in [9.17, 15) is 18.0 Å². The van der Waals surface area contributed by atoms with Crippen LogP contribution in [0.3, 0.4) is 0 Å². The van der Waals surface area contributed by atoms with Gasteiger partial charge in [-0.1, -0.05) is 0 Å². The van der Waals surface area contributed by atoms with Gasteiger partial charge in [-0.2, -0.15) is 18.3 Å². The maximum Gasteiger partial charge on any atom is 0.417 e. The highest BCUT2D eigenvalue weighted by atomic mass is 19.4. The van der Waals surface area contributed by atoms with Crippen molar-refractivity contribution in [2.45, 2.75) is 13.1 Å². The first-order valence-corrected chi connectivity index (χ1v) is 5.22. The van der Waals surface area contributed by atoms with Crippen LogP contribution in [0.15, 0.2) is 24.5 Å². The number of carbonyl (C=O) groups is 1. The number of alkyl halides is 3. The van der Waals surface area contributed by atoms with Crippen molar-refractivity contribution in [3.63, 3.8) is 0 Å². The summed E-state index contributed by atoms with van der Waals surface area (Å²) < 4.78 is 37.0. The molecule has 0 unspecified atom stereocenters. The number of hydrogen-bond acceptors (Lipinski definition) is 3. The number of nitrogens with zero attached hydrogens (tertiary/aromatic N) is 2. The van der Waals surface area contributed by atoms with Crippen LogP contribution in [0.1, 0.15) is 21.6 Å². The normalized spacial score (nSPS) is 11.4. The van der Waals surface area contributed by atoms with Crippen LogP contribution in [0.5, 0.6) is 0 Å². The standard InChI is InChI=1S/C11H9F3N4O/c1-6-4-16-18-9(6)17-10(19)8-3-2-7(5-15-8)11(12,13)14/h2-5H,1H3,(H2,16,17,18,19). The minimum Gasteiger partial charge on any atom is -0.305 e. The third kappa shape index (κ3) is 2.90. The molecule has 0 aliphatic heterocycles. The largest absolute Gasteiger partial charge is 0.417 e. The quantitative estimate of drug-likeness (QED) is 0.880. The Morgan fingerprint density at radius 1 is 1.32 bits per heavy atom. The first-order valence-electron chi connectivity index (χ1n) is 5.22. The number of pyridine rings is 1. The lowest BCUT2D eigenvalue weighted by Crippen LogP contribution is -2.15. The Hall–Kier alpha value is -2.38. The summed E-state index contributed by atoms with van der Waals surface area (Å²) in [5.74, 6) is -0.229. The Morgan fingerprint density at radius 3 is 2.53 bits per heavy atom. The van der Waals surface area contributed by atoms with Crippen LogP contribution >= 0.6 is 0 Å². The maximum absolute atomic E-state index is 12.3. The zero-order chi connectivity index (χ0) is 14.0. The molecule has 2 aromatic heterocycles. The first kappa shape index (κ1) is 13.1. The number of aryl methyl sites for hydroxylation is 1. The van der Waals surface area contributed by atoms with Crippen LogP contribution in [0.2, 0.25) is 0 Å². The van der Waals surface area contributed by atoms with Crippen molar-refractivity contribution in [1.29, 1.82) is 0 Å². The van der Waals surface area contributed by atoms with Gasteiger partial charge in [0.1, 0.15) is 11.5 Å². The van der Waals surface area contributed by atoms with Gasteiger partial charge in [-0.15, -0.1) is 0 Å². The number of carbonyl (C=O) groups excluding carboxylic acids is 1. The molecule has 8 heteroatoms. The summed E-state index contributed by atoms with van der Waals surface area (Å²) in [6, 6.07) is 1.82. The molecule has 2 aromatic rings. The predicted octanol–water partition coefficient (Wildman–Crippen LogP) is 2.38. The number of halogens is 3. The van der Waals surface area contributed by atoms with Crippen molar-refractivity contribution in [2.24, 2.45) is 0 Å². The number of amides is 1. The van der Waals surface area contributed by atoms with Gasteiger partial charge in [-0.25, -0.2) is 0 Å². The summed E-state index contributed by atoms with van der Waals surface area (Å²) in [4.78, 5) is 15.2. The van der Waals surface area contributed by atoms with Gasteiger partial charge in [0.15, 0.2) is 0 Å². The molecule has 2 N–H and O–H groups in total. The van der Waals surface area contributed by atoms with E-state index in [1.807, 2.05) is 0 Å². The number of rotatable bonds is 2. The van der Waals surface area contributed by atoms with E-state index in [2.05, 4.69) is 20.5 Å². The lowest BCUT2D eigenvalue weighted by molar-refractivity contribution is -0.137. The fraction of sp³-hybridized carbons (Fsp3) is 0.182. The van der Waals surface area contributed by atoms with E-state index in [0.29, 0.717) is 17.6 Å². The Labute approximate surface area is 105 Å². The third-order valence-corrected chi connectivity index (χ3v) is 2.39. The average molecular weight is 270 g/mol. The predicted molar refractivity (Wildman–Crippen MR) is 60.5 cm³/mol. The third-order valence-electron chi connectivity index (χ3n) is 2.39. The van der Waals surface area contributed by atoms with Gasteiger partial charge in [0, 0.05) is 11.8 Å². The molecule has 0 saturated carbocycles. The number of anilines is 1. The molecule has 0 radical (unpaired) electrons. The van der Waals surface area contributed by atoms with Crippen LogP contribution in [0, 0.1) is 6.92 Å². The zero-order valence-corrected chi connectivity index (χ0v) is 9.75. The smallest absolute Gasteiger partial charge is 0.305 e. The molecule has 1 amide bonds. The van der Waals surface area contributed by atoms with E-state index in [1.165, 1.54) is 6.20 Å². The highest BCUT2D eigenvalue weighted by Crippen LogP contribution is 2.28. The number of aromatic amines is 1. The second-order valence-electron chi connectivity index (χ2n) is 3.81. The van der Waals surface area contributed by atoms with Gasteiger partial charge < -0.3 is 5.32 Å². The SMILES string of the molecule is Cc1cn[nH]c1NC(=O)c1ccc(C(F)(F)F)cn1. The van der Waals surface area contributed by atoms with Gasteiger partial charge in [0.05, 0.1) is 11.8 Å². The van der Waals surface area contributed by atoms with E-state index in [0.717, 1.165) is 12.1 Å². The molecule has 0 atom stereocenters. The Bertz CT molecular complexity index is 589. The molecular formula is C11H9F3N4O. The average Bonchev–Trinajstić information content (AvgIpc) is 2.74. The van der Waals surface area contributed by atoms with Crippen molar-refractivity contribution in [1.82, 2.24) is 15.2 Å². The molecule has 0 aliphatic rings. The highest BCUT2D eigenvalue weighted by molar-refractivity contribution is 6.02. The molecular weight excluding hydrogens is 261 g/mol. The fourth-order valence-electron chi connectivity index (χ4n) is 1.35. The minimum atomic E-state index is -4.47. The van der Waals surface area contributed by atoms with E-state index in [-0.39, 0.29) is 5.69 Å². The van der Waals surface area contributed by atoms with Crippen LogP contribution in [-0.4, -0.2) is 21.1 Å². The molecule has 0 bridgehead atoms. The molecule has 2 rings (SSSR count). The molecule has 100 valence electrons. The monoisotopic (exact) mass is 270 g/mol. The van der Waals surface area contributed by atoms with E-state index >= 15 is 0 Å². The molecule has 0 aliphatic carbocycles. The Morgan fingerprint density at radius 2 is 2.05 bits per heavy atom. The lowest BCUT2D eigenvalue weighted by Gasteiger charge is -2.07. The van der Waals surface area contributed by atoms with Crippen molar-refractivity contribution in [3.05, 3.63) is 41.3 Å². The van der Waals surface area contributed by atoms with Crippen LogP contribution in [0.4, 0.5) is 19.0 Å². The van der Waals surface area contributed by atoms with Crippen LogP contribution in [0.25, 0.3) is 0 Å². The van der Waals surface area contributed by atoms with E-state index in [1.54, 1.807) is 6.92 Å². The minimum absolute atomic E-state index is 0.109. The highest BCUT2D eigenvalue weighted by Gasteiger charge is 2.30. The summed E-state index contributed by atoms with van der Waals surface area (Å²) in [6.07, 6.45) is -2.34. The second kappa shape index (κ2) is 4.71. The topological polar surface area (TPSA) is 70.7 Å². The summed E-state index contributed by atoms with van der Waals surface area (Å²) >= 11 is 0. The Balaban J connectivity index is 2.14. The van der Waals surface area contributed by atoms with Gasteiger partial charge in [0.25, 0.3) is 5.91 Å². The van der Waals surface area contributed by atoms with Crippen LogP contribution < -0.4 is 5.32 Å². The fourth-order valence-corrected chi connectivity index (χ4v) is 1.35. The van der Waals surface area contributed by atoms with E-state index < -0.39 is 17.6 Å². The number of aromatic nitrogens is 3. The molecule has 0 saturated heterocycles. The summed E-state index contributed by atoms with van der Waals surface area (Å²) in [5.41, 5.74) is -0.302. The molecule has 0 fully saturated rings. The van der Waals surface area contributed by atoms with Crippen LogP contribution in [-0.2, 0) is 6.18 Å². The van der Waals surface area contributed by atoms with Crippen molar-refractivity contribution in [2.75, 3.05) is 5.32 Å². The van der Waals surface area contributed by atoms with Gasteiger partial charge in [-0.05, 0) is 19.1 Å². The Kier molecular flexibility index (Phi) is 3.24. The number of nitrogens with one attached hydrogen (secondary N) is 2. The van der Waals surface area contributed by atoms with Crippen molar-refractivity contribution < 1.29 is 18.0 Å². The molecule has 0 spiro atoms. The summed E-state index contributed by atoms with van der Waals surface area (Å²) in [6.45, 7) is 1.72. The molecule has 2 heterocycles. The first-order chi connectivity index (χ1) is 8.88. The number of hydrogen-bond donors (Lipinski definition) is 2. The molecule has 0 aromatic carbocycles. The summed E-state index contributed by atoms with van der Waals surface area (Å²) in [5, 5.41) is 8.72. The van der Waals surface area contributed by atoms with Crippen molar-refractivity contribution >= 4 is 11.7 Å². The maximum atomic E-state index is 12.3. The molecule has 5 nitrogen and oxygen atoms in total. The summed E-state index contributed by atoms with van der Waals surface area (Å²) in [7, 11) is 0. The van der Waals surface area contributed by atoms with Gasteiger partial charge in [0.2, 0.25) is 0 Å². The van der Waals surface area contributed by atoms with Gasteiger partial charge in [-0.3, -0.25) is 14.9 Å². The number of H-pyrrole nitrogens is 1. The van der Waals surface area contributed by atoms with E-state index in [4.69, 9.17) is 0 Å². The van der Waals surface area contributed by atoms with Gasteiger partial charge >= 0.3 is 6.18 Å². The molecule has 19 heavy (non-hydrogen) atoms. The lowest BCUT2D eigenvalue weighted by atomic mass is 10.2. The van der Waals surface area contributed by atoms with Crippen molar-refractivity contribution in [3.8, 4) is 0 Å². The second-order valence-corrected chi connectivity index (χ2v) is 3.81. The zero-order valence-electron chi connectivity index (χ0n) is 9.75.